The van der Waals surface area contributed by atoms with E-state index in [4.69, 9.17) is 48.8 Å². The molecular formula is C10H22Cl2N6O3. The number of ether oxygens (including phenoxy) is 2. The Morgan fingerprint density at radius 1 is 0.952 bits per heavy atom. The molecule has 0 spiro atoms. The van der Waals surface area contributed by atoms with Gasteiger partial charge in [0, 0.05) is 29.5 Å². The third-order valence-electron chi connectivity index (χ3n) is 1.38. The van der Waals surface area contributed by atoms with Gasteiger partial charge < -0.3 is 14.6 Å². The van der Waals surface area contributed by atoms with E-state index >= 15 is 0 Å². The molecule has 11 heteroatoms. The molecule has 9 nitrogen and oxygen atoms in total. The van der Waals surface area contributed by atoms with Gasteiger partial charge in [-0.2, -0.15) is 0 Å². The zero-order valence-electron chi connectivity index (χ0n) is 12.1. The lowest BCUT2D eigenvalue weighted by molar-refractivity contribution is 0.0976. The maximum Gasteiger partial charge on any atom is 0.0967 e. The summed E-state index contributed by atoms with van der Waals surface area (Å²) in [6.45, 7) is 4.79. The molecule has 0 aliphatic rings. The lowest BCUT2D eigenvalue weighted by atomic mass is 10.5. The molecule has 0 radical (unpaired) electrons. The third kappa shape index (κ3) is 45.3. The molecule has 124 valence electrons. The Balaban J connectivity index is -0.000000260. The summed E-state index contributed by atoms with van der Waals surface area (Å²) >= 11 is 9.53. The molecule has 0 saturated heterocycles. The number of hydrogen-bond acceptors (Lipinski definition) is 5. The summed E-state index contributed by atoms with van der Waals surface area (Å²) in [6.07, 6.45) is 1.01. The predicted molar refractivity (Wildman–Crippen MR) is 83.6 cm³/mol. The minimum atomic E-state index is 0.0102. The maximum atomic E-state index is 8.19. The van der Waals surface area contributed by atoms with Crippen LogP contribution in [0, 0.1) is 0 Å². The van der Waals surface area contributed by atoms with Crippen molar-refractivity contribution < 1.29 is 14.6 Å². The summed E-state index contributed by atoms with van der Waals surface area (Å²) in [5.74, 6) is 0. The van der Waals surface area contributed by atoms with E-state index in [9.17, 15) is 0 Å². The molecule has 21 heavy (non-hydrogen) atoms. The molecule has 0 heterocycles. The largest absolute Gasteiger partial charge is 0.394 e. The number of azide groups is 2. The molecule has 0 aromatic carbocycles. The molecular weight excluding hydrogens is 323 g/mol. The number of nitrogens with zero attached hydrogens (tertiary/aromatic N) is 6. The lowest BCUT2D eigenvalue weighted by Crippen LogP contribution is -2.02. The van der Waals surface area contributed by atoms with E-state index in [0.717, 1.165) is 13.0 Å². The fourth-order valence-corrected chi connectivity index (χ4v) is 0.713. The van der Waals surface area contributed by atoms with E-state index in [1.165, 1.54) is 0 Å². The molecule has 0 fully saturated rings. The van der Waals surface area contributed by atoms with Crippen LogP contribution in [0.5, 0.6) is 0 Å². The van der Waals surface area contributed by atoms with Crippen molar-refractivity contribution in [1.29, 1.82) is 0 Å². The quantitative estimate of drug-likeness (QED) is 0.213. The second-order valence-electron chi connectivity index (χ2n) is 2.96. The summed E-state index contributed by atoms with van der Waals surface area (Å²) in [6, 6.07) is 0. The van der Waals surface area contributed by atoms with Crippen molar-refractivity contribution in [1.82, 2.24) is 0 Å². The Morgan fingerprint density at radius 3 is 1.71 bits per heavy atom. The highest BCUT2D eigenvalue weighted by atomic mass is 35.5. The van der Waals surface area contributed by atoms with Gasteiger partial charge in [-0.1, -0.05) is 17.2 Å². The molecule has 0 atom stereocenters. The molecule has 0 amide bonds. The Morgan fingerprint density at radius 2 is 1.38 bits per heavy atom. The first-order valence-corrected chi connectivity index (χ1v) is 7.21. The van der Waals surface area contributed by atoms with E-state index in [0.29, 0.717) is 32.9 Å². The van der Waals surface area contributed by atoms with Gasteiger partial charge in [0.1, 0.15) is 0 Å². The molecule has 0 bridgehead atoms. The molecule has 1 N–H and O–H groups in total. The van der Waals surface area contributed by atoms with Crippen molar-refractivity contribution in [2.75, 3.05) is 51.5 Å². The molecule has 0 saturated carbocycles. The highest BCUT2D eigenvalue weighted by Crippen LogP contribution is 1.80. The normalized spacial score (nSPS) is 8.19. The number of alkyl halides is 2. The highest BCUT2D eigenvalue weighted by Gasteiger charge is 1.82. The first-order valence-electron chi connectivity index (χ1n) is 6.15. The molecule has 0 aliphatic carbocycles. The fourth-order valence-electron chi connectivity index (χ4n) is 0.713. The van der Waals surface area contributed by atoms with Crippen LogP contribution < -0.4 is 0 Å². The van der Waals surface area contributed by atoms with Crippen molar-refractivity contribution in [3.8, 4) is 0 Å². The summed E-state index contributed by atoms with van der Waals surface area (Å²) < 4.78 is 9.79. The van der Waals surface area contributed by atoms with Gasteiger partial charge >= 0.3 is 0 Å². The average molecular weight is 345 g/mol. The van der Waals surface area contributed by atoms with Crippen molar-refractivity contribution in [2.24, 2.45) is 10.2 Å². The van der Waals surface area contributed by atoms with Crippen LogP contribution in [-0.4, -0.2) is 56.6 Å². The molecule has 0 aliphatic heterocycles. The number of hydrogen-bond donors (Lipinski definition) is 1. The van der Waals surface area contributed by atoms with Crippen LogP contribution in [0.15, 0.2) is 10.2 Å². The number of aliphatic hydroxyl groups is 1. The van der Waals surface area contributed by atoms with E-state index < -0.39 is 0 Å². The maximum absolute atomic E-state index is 8.19. The van der Waals surface area contributed by atoms with Crippen LogP contribution in [0.4, 0.5) is 0 Å². The van der Waals surface area contributed by atoms with Gasteiger partial charge in [-0.3, -0.25) is 0 Å². The number of rotatable bonds is 10. The number of aliphatic hydroxyl groups excluding tert-OH is 1. The Bertz CT molecular complexity index is 248. The van der Waals surface area contributed by atoms with E-state index in [1.807, 2.05) is 6.92 Å². The van der Waals surface area contributed by atoms with Crippen LogP contribution in [-0.2, 0) is 9.47 Å². The van der Waals surface area contributed by atoms with Gasteiger partial charge in [-0.25, -0.2) is 0 Å². The van der Waals surface area contributed by atoms with Gasteiger partial charge in [0.15, 0.2) is 0 Å². The molecule has 0 unspecified atom stereocenters. The minimum Gasteiger partial charge on any atom is -0.394 e. The van der Waals surface area contributed by atoms with Gasteiger partial charge in [0.25, 0.3) is 0 Å². The Labute approximate surface area is 134 Å². The van der Waals surface area contributed by atoms with Crippen molar-refractivity contribution in [2.45, 2.75) is 13.3 Å². The van der Waals surface area contributed by atoms with Crippen LogP contribution in [0.1, 0.15) is 13.3 Å². The second kappa shape index (κ2) is 31.5. The highest BCUT2D eigenvalue weighted by molar-refractivity contribution is 6.40. The zero-order valence-corrected chi connectivity index (χ0v) is 13.6. The lowest BCUT2D eigenvalue weighted by Gasteiger charge is -1.95. The van der Waals surface area contributed by atoms with Crippen LogP contribution >= 0.6 is 23.2 Å². The van der Waals surface area contributed by atoms with Gasteiger partial charge in [-0.15, -0.1) is 23.2 Å². The van der Waals surface area contributed by atoms with E-state index in [1.54, 1.807) is 0 Å². The Kier molecular flexibility index (Phi) is 37.5. The standard InChI is InChI=1S/C5H11N3O.C4H9N3O2.CH2Cl2/c1-2-4-9-5-3-7-8-6;5-7-6-1-3-9-4-2-8;2-1-3/h2-5H2,1H3;8H,1-4H2;1H2. The fraction of sp³-hybridized carbons (Fsp3) is 1.00. The summed E-state index contributed by atoms with van der Waals surface area (Å²) in [5.41, 5.74) is 15.6. The van der Waals surface area contributed by atoms with Gasteiger partial charge in [-0.05, 0) is 17.5 Å². The summed E-state index contributed by atoms with van der Waals surface area (Å²) in [4.78, 5) is 5.09. The summed E-state index contributed by atoms with van der Waals surface area (Å²) in [5, 5.41) is 14.9. The van der Waals surface area contributed by atoms with E-state index in [2.05, 4.69) is 20.1 Å². The summed E-state index contributed by atoms with van der Waals surface area (Å²) in [7, 11) is 0. The topological polar surface area (TPSA) is 136 Å². The van der Waals surface area contributed by atoms with E-state index in [-0.39, 0.29) is 11.9 Å². The zero-order chi connectivity index (χ0) is 16.6. The Hall–Kier alpha value is -0.920. The minimum absolute atomic E-state index is 0.0102. The molecule has 0 aromatic rings. The van der Waals surface area contributed by atoms with Crippen LogP contribution in [0.25, 0.3) is 20.9 Å². The second-order valence-corrected chi connectivity index (χ2v) is 3.77. The first kappa shape index (κ1) is 25.1. The molecule has 0 aromatic heterocycles. The average Bonchev–Trinajstić information content (AvgIpc) is 2.49. The number of halogens is 2. The van der Waals surface area contributed by atoms with Crippen molar-refractivity contribution in [3.05, 3.63) is 20.9 Å². The molecule has 0 rings (SSSR count). The van der Waals surface area contributed by atoms with Gasteiger partial charge in [0.2, 0.25) is 0 Å². The van der Waals surface area contributed by atoms with Crippen LogP contribution in [0.2, 0.25) is 0 Å². The van der Waals surface area contributed by atoms with Gasteiger partial charge in [0.05, 0.1) is 31.8 Å². The van der Waals surface area contributed by atoms with Crippen LogP contribution in [0.3, 0.4) is 0 Å². The third-order valence-corrected chi connectivity index (χ3v) is 1.38. The van der Waals surface area contributed by atoms with Crippen molar-refractivity contribution in [3.63, 3.8) is 0 Å². The SMILES string of the molecule is CCCOCCN=[N+]=[N-].ClCCl.[N-]=[N+]=NCCOCCO. The monoisotopic (exact) mass is 344 g/mol. The van der Waals surface area contributed by atoms with Crippen molar-refractivity contribution >= 4 is 23.2 Å². The smallest absolute Gasteiger partial charge is 0.0967 e. The first-order chi connectivity index (χ1) is 10.2. The predicted octanol–water partition coefficient (Wildman–Crippen LogP) is 3.45.